The Hall–Kier alpha value is -3.50. The molecule has 0 spiro atoms. The number of thioether (sulfide) groups is 1. The molecule has 2 aromatic heterocycles. The number of hydrogen-bond donors (Lipinski definition) is 1. The Balaban J connectivity index is 1.53. The maximum Gasteiger partial charge on any atom is 0.234 e. The van der Waals surface area contributed by atoms with Gasteiger partial charge in [-0.1, -0.05) is 17.8 Å². The lowest BCUT2D eigenvalue weighted by atomic mass is 10.2. The molecule has 0 radical (unpaired) electrons. The summed E-state index contributed by atoms with van der Waals surface area (Å²) in [5.41, 5.74) is 1.50. The Morgan fingerprint density at radius 3 is 2.29 bits per heavy atom. The first-order valence-corrected chi connectivity index (χ1v) is 12.2. The van der Waals surface area contributed by atoms with Crippen LogP contribution < -0.4 is 19.5 Å². The molecule has 0 saturated carbocycles. The first-order valence-electron chi connectivity index (χ1n) is 10.4. The van der Waals surface area contributed by atoms with E-state index >= 15 is 0 Å². The second-order valence-corrected chi connectivity index (χ2v) is 9.10. The van der Waals surface area contributed by atoms with E-state index in [9.17, 15) is 4.79 Å². The second-order valence-electron chi connectivity index (χ2n) is 7.13. The minimum Gasteiger partial charge on any atom is -0.497 e. The number of nitrogens with one attached hydrogen (secondary N) is 1. The van der Waals surface area contributed by atoms with E-state index in [1.807, 2.05) is 40.3 Å². The summed E-state index contributed by atoms with van der Waals surface area (Å²) in [6, 6.07) is 17.0. The predicted molar refractivity (Wildman–Crippen MR) is 134 cm³/mol. The molecule has 0 aliphatic rings. The van der Waals surface area contributed by atoms with Crippen molar-refractivity contribution in [2.24, 2.45) is 0 Å². The van der Waals surface area contributed by atoms with E-state index in [4.69, 9.17) is 14.2 Å². The van der Waals surface area contributed by atoms with Gasteiger partial charge in [-0.2, -0.15) is 0 Å². The van der Waals surface area contributed by atoms with Crippen molar-refractivity contribution in [3.8, 4) is 22.9 Å². The van der Waals surface area contributed by atoms with Gasteiger partial charge in [-0.05, 0) is 35.7 Å². The minimum atomic E-state index is -0.176. The first kappa shape index (κ1) is 23.7. The molecular weight excluding hydrogens is 472 g/mol. The van der Waals surface area contributed by atoms with Gasteiger partial charge in [0.05, 0.1) is 27.1 Å². The highest BCUT2D eigenvalue weighted by atomic mass is 32.2. The molecule has 34 heavy (non-hydrogen) atoms. The lowest BCUT2D eigenvalue weighted by Crippen LogP contribution is -2.15. The number of anilines is 1. The number of carbonyl (C=O) groups is 1. The number of aromatic nitrogens is 3. The summed E-state index contributed by atoms with van der Waals surface area (Å²) in [7, 11) is 4.76. The van der Waals surface area contributed by atoms with Crippen molar-refractivity contribution in [1.82, 2.24) is 14.8 Å². The number of rotatable bonds is 10. The molecule has 1 N–H and O–H groups in total. The van der Waals surface area contributed by atoms with Crippen LogP contribution in [0.1, 0.15) is 10.7 Å². The highest BCUT2D eigenvalue weighted by molar-refractivity contribution is 7.99. The molecule has 2 aromatic carbocycles. The summed E-state index contributed by atoms with van der Waals surface area (Å²) in [6.45, 7) is 0. The fourth-order valence-corrected chi connectivity index (χ4v) is 4.75. The van der Waals surface area contributed by atoms with Crippen LogP contribution in [0.5, 0.6) is 17.2 Å². The first-order chi connectivity index (χ1) is 16.6. The molecule has 4 aromatic rings. The minimum absolute atomic E-state index is 0.160. The Labute approximate surface area is 205 Å². The van der Waals surface area contributed by atoms with E-state index < -0.39 is 0 Å². The van der Waals surface area contributed by atoms with Crippen LogP contribution >= 0.6 is 23.1 Å². The van der Waals surface area contributed by atoms with Gasteiger partial charge >= 0.3 is 0 Å². The molecule has 0 aliphatic heterocycles. The van der Waals surface area contributed by atoms with E-state index in [0.29, 0.717) is 28.8 Å². The Bertz CT molecular complexity index is 1220. The van der Waals surface area contributed by atoms with Crippen molar-refractivity contribution in [3.63, 3.8) is 0 Å². The molecule has 0 atom stereocenters. The molecule has 0 unspecified atom stereocenters. The average molecular weight is 497 g/mol. The number of thiophene rings is 1. The topological polar surface area (TPSA) is 87.5 Å². The molecule has 1 amide bonds. The van der Waals surface area contributed by atoms with E-state index in [0.717, 1.165) is 17.3 Å². The summed E-state index contributed by atoms with van der Waals surface area (Å²) in [5, 5.41) is 14.4. The van der Waals surface area contributed by atoms with Crippen LogP contribution in [0.3, 0.4) is 0 Å². The lowest BCUT2D eigenvalue weighted by Gasteiger charge is -2.11. The normalized spacial score (nSPS) is 10.7. The number of benzene rings is 2. The Morgan fingerprint density at radius 1 is 0.971 bits per heavy atom. The summed E-state index contributed by atoms with van der Waals surface area (Å²) in [6.07, 6.45) is 0.646. The molecule has 0 aliphatic carbocycles. The maximum absolute atomic E-state index is 12.7. The zero-order chi connectivity index (χ0) is 23.9. The van der Waals surface area contributed by atoms with Crippen molar-refractivity contribution < 1.29 is 19.0 Å². The van der Waals surface area contributed by atoms with E-state index in [-0.39, 0.29) is 11.7 Å². The molecule has 10 heteroatoms. The largest absolute Gasteiger partial charge is 0.497 e. The van der Waals surface area contributed by atoms with Crippen molar-refractivity contribution in [1.29, 1.82) is 0 Å². The summed E-state index contributed by atoms with van der Waals surface area (Å²) in [4.78, 5) is 13.9. The monoisotopic (exact) mass is 496 g/mol. The third kappa shape index (κ3) is 5.70. The van der Waals surface area contributed by atoms with Crippen LogP contribution in [-0.2, 0) is 11.2 Å². The fourth-order valence-electron chi connectivity index (χ4n) is 3.27. The number of ether oxygens (including phenoxy) is 3. The molecule has 0 saturated heterocycles. The number of hydrogen-bond acceptors (Lipinski definition) is 8. The van der Waals surface area contributed by atoms with Crippen LogP contribution in [0.2, 0.25) is 0 Å². The van der Waals surface area contributed by atoms with Crippen LogP contribution in [0.4, 0.5) is 5.69 Å². The third-order valence-corrected chi connectivity index (χ3v) is 6.72. The molecule has 4 rings (SSSR count). The summed E-state index contributed by atoms with van der Waals surface area (Å²) >= 11 is 2.99. The average Bonchev–Trinajstić information content (AvgIpc) is 3.52. The lowest BCUT2D eigenvalue weighted by molar-refractivity contribution is -0.113. The second kappa shape index (κ2) is 11.1. The Morgan fingerprint density at radius 2 is 1.68 bits per heavy atom. The van der Waals surface area contributed by atoms with Gasteiger partial charge in [0.25, 0.3) is 0 Å². The molecule has 0 bridgehead atoms. The molecule has 2 heterocycles. The zero-order valence-electron chi connectivity index (χ0n) is 19.0. The highest BCUT2D eigenvalue weighted by Gasteiger charge is 2.17. The molecular formula is C24H24N4O4S2. The van der Waals surface area contributed by atoms with Gasteiger partial charge in [0.15, 0.2) is 5.16 Å². The predicted octanol–water partition coefficient (Wildman–Crippen LogP) is 4.68. The fraction of sp³-hybridized carbons (Fsp3) is 0.208. The smallest absolute Gasteiger partial charge is 0.234 e. The Kier molecular flexibility index (Phi) is 7.71. The van der Waals surface area contributed by atoms with Crippen molar-refractivity contribution in [2.75, 3.05) is 32.4 Å². The highest BCUT2D eigenvalue weighted by Crippen LogP contribution is 2.28. The summed E-state index contributed by atoms with van der Waals surface area (Å²) < 4.78 is 17.8. The number of nitrogens with zero attached hydrogens (tertiary/aromatic N) is 3. The van der Waals surface area contributed by atoms with Gasteiger partial charge in [-0.15, -0.1) is 21.5 Å². The van der Waals surface area contributed by atoms with Crippen molar-refractivity contribution in [3.05, 3.63) is 70.7 Å². The SMILES string of the molecule is COc1ccc(-n2c(Cc3cccs3)nnc2SCC(=O)Nc2cc(OC)cc(OC)c2)cc1. The zero-order valence-corrected chi connectivity index (χ0v) is 20.6. The van der Waals surface area contributed by atoms with Crippen LogP contribution in [0.15, 0.2) is 65.1 Å². The summed E-state index contributed by atoms with van der Waals surface area (Å²) in [5.74, 6) is 2.74. The van der Waals surface area contributed by atoms with E-state index in [1.54, 1.807) is 50.9 Å². The van der Waals surface area contributed by atoms with Crippen LogP contribution in [0, 0.1) is 0 Å². The van der Waals surface area contributed by atoms with Crippen molar-refractivity contribution in [2.45, 2.75) is 11.6 Å². The van der Waals surface area contributed by atoms with E-state index in [1.165, 1.54) is 16.6 Å². The third-order valence-electron chi connectivity index (χ3n) is 4.91. The maximum atomic E-state index is 12.7. The van der Waals surface area contributed by atoms with Crippen LogP contribution in [-0.4, -0.2) is 47.8 Å². The van der Waals surface area contributed by atoms with E-state index in [2.05, 4.69) is 21.6 Å². The molecule has 8 nitrogen and oxygen atoms in total. The standard InChI is InChI=1S/C24H24N4O4S2/c1-30-18-8-6-17(7-9-18)28-22(14-21-5-4-10-33-21)26-27-24(28)34-15-23(29)25-16-11-19(31-2)13-20(12-16)32-3/h4-13H,14-15H2,1-3H3,(H,25,29). The number of carbonyl (C=O) groups excluding carboxylic acids is 1. The van der Waals surface area contributed by atoms with Crippen molar-refractivity contribution >= 4 is 34.7 Å². The van der Waals surface area contributed by atoms with Crippen LogP contribution in [0.25, 0.3) is 5.69 Å². The van der Waals surface area contributed by atoms with Gasteiger partial charge < -0.3 is 19.5 Å². The number of methoxy groups -OCH3 is 3. The van der Waals surface area contributed by atoms with Gasteiger partial charge in [0, 0.05) is 40.9 Å². The van der Waals surface area contributed by atoms with Gasteiger partial charge in [0.1, 0.15) is 23.1 Å². The quantitative estimate of drug-likeness (QED) is 0.319. The van der Waals surface area contributed by atoms with Gasteiger partial charge in [-0.25, -0.2) is 0 Å². The number of amides is 1. The van der Waals surface area contributed by atoms with Gasteiger partial charge in [-0.3, -0.25) is 9.36 Å². The molecule has 0 fully saturated rings. The van der Waals surface area contributed by atoms with Gasteiger partial charge in [0.2, 0.25) is 5.91 Å². The molecule has 176 valence electrons.